The summed E-state index contributed by atoms with van der Waals surface area (Å²) in [6.45, 7) is 7.08. The second-order valence-electron chi connectivity index (χ2n) is 6.62. The SMILES string of the molecule is CC(C)(C)c1ccc(NCC2(C(=O)O)CCC2)cc1. The van der Waals surface area contributed by atoms with Crippen LogP contribution >= 0.6 is 0 Å². The lowest BCUT2D eigenvalue weighted by Gasteiger charge is -2.37. The van der Waals surface area contributed by atoms with Crippen LogP contribution in [0.5, 0.6) is 0 Å². The summed E-state index contributed by atoms with van der Waals surface area (Å²) in [5.74, 6) is -0.669. The number of hydrogen-bond acceptors (Lipinski definition) is 2. The van der Waals surface area contributed by atoms with Gasteiger partial charge in [0.05, 0.1) is 5.41 Å². The van der Waals surface area contributed by atoms with E-state index >= 15 is 0 Å². The molecule has 2 rings (SSSR count). The van der Waals surface area contributed by atoms with Crippen LogP contribution in [0.4, 0.5) is 5.69 Å². The Bertz CT molecular complexity index is 453. The first-order chi connectivity index (χ1) is 8.83. The number of hydrogen-bond donors (Lipinski definition) is 2. The van der Waals surface area contributed by atoms with Gasteiger partial charge in [-0.05, 0) is 36.0 Å². The van der Waals surface area contributed by atoms with Crippen molar-refractivity contribution >= 4 is 11.7 Å². The Morgan fingerprint density at radius 3 is 2.21 bits per heavy atom. The zero-order valence-corrected chi connectivity index (χ0v) is 12.0. The lowest BCUT2D eigenvalue weighted by atomic mass is 9.69. The third-order valence-corrected chi connectivity index (χ3v) is 4.15. The fourth-order valence-electron chi connectivity index (χ4n) is 2.43. The first-order valence-corrected chi connectivity index (χ1v) is 6.91. The smallest absolute Gasteiger partial charge is 0.311 e. The Morgan fingerprint density at radius 2 is 1.84 bits per heavy atom. The van der Waals surface area contributed by atoms with Gasteiger partial charge in [-0.1, -0.05) is 39.3 Å². The molecule has 2 N–H and O–H groups in total. The van der Waals surface area contributed by atoms with Crippen molar-refractivity contribution in [2.45, 2.75) is 45.4 Å². The highest BCUT2D eigenvalue weighted by Crippen LogP contribution is 2.41. The molecule has 0 radical (unpaired) electrons. The van der Waals surface area contributed by atoms with E-state index in [9.17, 15) is 9.90 Å². The zero-order valence-electron chi connectivity index (χ0n) is 12.0. The van der Waals surface area contributed by atoms with E-state index in [0.717, 1.165) is 24.9 Å². The molecule has 104 valence electrons. The second-order valence-corrected chi connectivity index (χ2v) is 6.62. The van der Waals surface area contributed by atoms with Crippen LogP contribution in [0.15, 0.2) is 24.3 Å². The second kappa shape index (κ2) is 4.87. The number of rotatable bonds is 4. The predicted octanol–water partition coefficient (Wildman–Crippen LogP) is 3.65. The third-order valence-electron chi connectivity index (χ3n) is 4.15. The normalized spacial score (nSPS) is 17.6. The van der Waals surface area contributed by atoms with Crippen LogP contribution in [-0.2, 0) is 10.2 Å². The predicted molar refractivity (Wildman–Crippen MR) is 77.6 cm³/mol. The van der Waals surface area contributed by atoms with Crippen molar-refractivity contribution in [1.82, 2.24) is 0 Å². The first kappa shape index (κ1) is 13.9. The number of anilines is 1. The molecule has 0 bridgehead atoms. The van der Waals surface area contributed by atoms with E-state index < -0.39 is 11.4 Å². The molecule has 19 heavy (non-hydrogen) atoms. The molecule has 0 heterocycles. The van der Waals surface area contributed by atoms with Crippen molar-refractivity contribution in [2.75, 3.05) is 11.9 Å². The highest BCUT2D eigenvalue weighted by atomic mass is 16.4. The fourth-order valence-corrected chi connectivity index (χ4v) is 2.43. The van der Waals surface area contributed by atoms with Crippen molar-refractivity contribution in [3.8, 4) is 0 Å². The molecule has 0 aliphatic heterocycles. The summed E-state index contributed by atoms with van der Waals surface area (Å²) >= 11 is 0. The van der Waals surface area contributed by atoms with Crippen molar-refractivity contribution in [3.63, 3.8) is 0 Å². The van der Waals surface area contributed by atoms with Crippen LogP contribution in [-0.4, -0.2) is 17.6 Å². The average molecular weight is 261 g/mol. The molecule has 1 aromatic carbocycles. The fraction of sp³-hybridized carbons (Fsp3) is 0.562. The summed E-state index contributed by atoms with van der Waals surface area (Å²) in [4.78, 5) is 11.3. The van der Waals surface area contributed by atoms with Gasteiger partial charge < -0.3 is 10.4 Å². The van der Waals surface area contributed by atoms with Gasteiger partial charge in [0.25, 0.3) is 0 Å². The van der Waals surface area contributed by atoms with Gasteiger partial charge in [0.15, 0.2) is 0 Å². The van der Waals surface area contributed by atoms with E-state index in [1.54, 1.807) is 0 Å². The Kier molecular flexibility index (Phi) is 3.57. The molecule has 0 saturated heterocycles. The number of carbonyl (C=O) groups is 1. The molecule has 1 saturated carbocycles. The Balaban J connectivity index is 1.99. The Hall–Kier alpha value is -1.51. The molecule has 3 heteroatoms. The number of carboxylic acid groups (broad SMARTS) is 1. The molecule has 0 amide bonds. The monoisotopic (exact) mass is 261 g/mol. The number of benzene rings is 1. The highest BCUT2D eigenvalue weighted by Gasteiger charge is 2.44. The Labute approximate surface area is 115 Å². The van der Waals surface area contributed by atoms with Crippen LogP contribution in [0.1, 0.15) is 45.6 Å². The van der Waals surface area contributed by atoms with E-state index in [2.05, 4.69) is 38.2 Å². The molecule has 3 nitrogen and oxygen atoms in total. The van der Waals surface area contributed by atoms with Crippen LogP contribution in [0, 0.1) is 5.41 Å². The van der Waals surface area contributed by atoms with Gasteiger partial charge in [0, 0.05) is 12.2 Å². The quantitative estimate of drug-likeness (QED) is 0.869. The van der Waals surface area contributed by atoms with Crippen LogP contribution in [0.2, 0.25) is 0 Å². The van der Waals surface area contributed by atoms with Gasteiger partial charge in [0.2, 0.25) is 0 Å². The van der Waals surface area contributed by atoms with E-state index in [1.807, 2.05) is 12.1 Å². The van der Waals surface area contributed by atoms with Crippen molar-refractivity contribution in [1.29, 1.82) is 0 Å². The molecule has 1 aliphatic carbocycles. The molecule has 0 unspecified atom stereocenters. The number of carboxylic acids is 1. The summed E-state index contributed by atoms with van der Waals surface area (Å²) in [5.41, 5.74) is 1.90. The molecular formula is C16H23NO2. The average Bonchev–Trinajstić information content (AvgIpc) is 2.26. The molecular weight excluding hydrogens is 238 g/mol. The number of nitrogens with one attached hydrogen (secondary N) is 1. The van der Waals surface area contributed by atoms with Gasteiger partial charge in [-0.25, -0.2) is 0 Å². The van der Waals surface area contributed by atoms with E-state index in [0.29, 0.717) is 6.54 Å². The maximum Gasteiger partial charge on any atom is 0.311 e. The summed E-state index contributed by atoms with van der Waals surface area (Å²) in [6, 6.07) is 8.29. The molecule has 1 aliphatic rings. The third kappa shape index (κ3) is 2.91. The van der Waals surface area contributed by atoms with Gasteiger partial charge in [-0.3, -0.25) is 4.79 Å². The molecule has 0 aromatic heterocycles. The summed E-state index contributed by atoms with van der Waals surface area (Å²) in [7, 11) is 0. The van der Waals surface area contributed by atoms with Crippen LogP contribution in [0.3, 0.4) is 0 Å². The first-order valence-electron chi connectivity index (χ1n) is 6.91. The zero-order chi connectivity index (χ0) is 14.1. The largest absolute Gasteiger partial charge is 0.481 e. The lowest BCUT2D eigenvalue weighted by molar-refractivity contribution is -0.153. The summed E-state index contributed by atoms with van der Waals surface area (Å²) < 4.78 is 0. The summed E-state index contributed by atoms with van der Waals surface area (Å²) in [6.07, 6.45) is 2.60. The van der Waals surface area contributed by atoms with E-state index in [1.165, 1.54) is 5.56 Å². The van der Waals surface area contributed by atoms with Crippen LogP contribution < -0.4 is 5.32 Å². The van der Waals surface area contributed by atoms with Gasteiger partial charge >= 0.3 is 5.97 Å². The van der Waals surface area contributed by atoms with E-state index in [-0.39, 0.29) is 5.41 Å². The Morgan fingerprint density at radius 1 is 1.26 bits per heavy atom. The summed E-state index contributed by atoms with van der Waals surface area (Å²) in [5, 5.41) is 12.5. The maximum atomic E-state index is 11.3. The topological polar surface area (TPSA) is 49.3 Å². The molecule has 0 spiro atoms. The van der Waals surface area contributed by atoms with Gasteiger partial charge in [-0.15, -0.1) is 0 Å². The van der Waals surface area contributed by atoms with Gasteiger partial charge in [0.1, 0.15) is 0 Å². The van der Waals surface area contributed by atoms with Crippen molar-refractivity contribution in [2.24, 2.45) is 5.41 Å². The lowest BCUT2D eigenvalue weighted by Crippen LogP contribution is -2.43. The maximum absolute atomic E-state index is 11.3. The minimum absolute atomic E-state index is 0.148. The molecule has 1 fully saturated rings. The van der Waals surface area contributed by atoms with Crippen molar-refractivity contribution in [3.05, 3.63) is 29.8 Å². The standard InChI is InChI=1S/C16H23NO2/c1-15(2,3)12-5-7-13(8-6-12)17-11-16(14(18)19)9-4-10-16/h5-8,17H,4,9-11H2,1-3H3,(H,18,19). The minimum atomic E-state index is -0.669. The highest BCUT2D eigenvalue weighted by molar-refractivity contribution is 5.76. The molecule has 1 aromatic rings. The van der Waals surface area contributed by atoms with Crippen LogP contribution in [0.25, 0.3) is 0 Å². The minimum Gasteiger partial charge on any atom is -0.481 e. The van der Waals surface area contributed by atoms with E-state index in [4.69, 9.17) is 0 Å². The van der Waals surface area contributed by atoms with Gasteiger partial charge in [-0.2, -0.15) is 0 Å². The number of aliphatic carboxylic acids is 1. The van der Waals surface area contributed by atoms with Crippen molar-refractivity contribution < 1.29 is 9.90 Å². The molecule has 0 atom stereocenters.